The first kappa shape index (κ1) is 43.9. The fourth-order valence-corrected chi connectivity index (χ4v) is 9.47. The van der Waals surface area contributed by atoms with E-state index >= 15 is 0 Å². The molecule has 43 heavy (non-hydrogen) atoms. The van der Waals surface area contributed by atoms with Gasteiger partial charge in [-0.15, -0.1) is 0 Å². The quantitative estimate of drug-likeness (QED) is 0.0526. The Morgan fingerprint density at radius 3 is 0.907 bits per heavy atom. The van der Waals surface area contributed by atoms with Crippen LogP contribution in [0.15, 0.2) is 0 Å². The zero-order valence-electron chi connectivity index (χ0n) is 29.6. The van der Waals surface area contributed by atoms with E-state index in [0.717, 1.165) is 18.6 Å². The Hall–Kier alpha value is 0.920. The molecule has 0 saturated carbocycles. The van der Waals surface area contributed by atoms with Crippen LogP contribution >= 0.6 is 17.1 Å². The van der Waals surface area contributed by atoms with Crippen molar-refractivity contribution in [2.45, 2.75) is 232 Å². The minimum Gasteiger partial charge on any atom is -0.337 e. The van der Waals surface area contributed by atoms with Gasteiger partial charge < -0.3 is 9.42 Å². The summed E-state index contributed by atoms with van der Waals surface area (Å²) in [7, 11) is 0. The van der Waals surface area contributed by atoms with Crippen LogP contribution in [0.4, 0.5) is 0 Å². The van der Waals surface area contributed by atoms with Crippen molar-refractivity contribution in [2.75, 3.05) is 12.4 Å². The molecule has 0 amide bonds. The third-order valence-corrected chi connectivity index (χ3v) is 13.4. The van der Waals surface area contributed by atoms with Gasteiger partial charge in [-0.25, -0.2) is 0 Å². The van der Waals surface area contributed by atoms with Crippen LogP contribution in [0.1, 0.15) is 232 Å². The maximum absolute atomic E-state index is 10.5. The van der Waals surface area contributed by atoms with Crippen molar-refractivity contribution in [1.29, 1.82) is 0 Å². The second-order valence-electron chi connectivity index (χ2n) is 13.4. The summed E-state index contributed by atoms with van der Waals surface area (Å²) in [5.41, 5.74) is -2.63. The average Bonchev–Trinajstić information content (AvgIpc) is 3.00. The second-order valence-corrected chi connectivity index (χ2v) is 19.7. The van der Waals surface area contributed by atoms with Crippen LogP contribution in [0.3, 0.4) is 0 Å². The summed E-state index contributed by atoms with van der Waals surface area (Å²) in [5.74, 6) is 0.950. The summed E-state index contributed by atoms with van der Waals surface area (Å²) in [6.07, 6.45) is 47.2. The Kier molecular flexibility index (Phi) is 38.2. The van der Waals surface area contributed by atoms with Crippen molar-refractivity contribution < 1.29 is 9.42 Å². The fraction of sp³-hybridized carbons (Fsp3) is 1.00. The van der Waals surface area contributed by atoms with Gasteiger partial charge in [0.1, 0.15) is 0 Å². The summed E-state index contributed by atoms with van der Waals surface area (Å²) in [6, 6.07) is 0. The monoisotopic (exact) mass is 663 g/mol. The molecule has 0 radical (unpaired) electrons. The van der Waals surface area contributed by atoms with Crippen LogP contribution < -0.4 is 0 Å². The molecule has 1 unspecified atom stereocenters. The highest BCUT2D eigenvalue weighted by Crippen LogP contribution is 2.56. The van der Waals surface area contributed by atoms with Crippen LogP contribution in [0.25, 0.3) is 0 Å². The second kappa shape index (κ2) is 37.4. The van der Waals surface area contributed by atoms with Gasteiger partial charge in [0.15, 0.2) is 0 Å². The summed E-state index contributed by atoms with van der Waals surface area (Å²) in [5, 5.41) is 0. The van der Waals surface area contributed by atoms with E-state index in [1.807, 2.05) is 0 Å². The first-order valence-electron chi connectivity index (χ1n) is 19.7. The van der Waals surface area contributed by atoms with Crippen molar-refractivity contribution in [3.05, 3.63) is 0 Å². The van der Waals surface area contributed by atoms with E-state index in [9.17, 15) is 4.89 Å². The molecule has 0 bridgehead atoms. The van der Waals surface area contributed by atoms with Crippen LogP contribution in [0.5, 0.6) is 0 Å². The van der Waals surface area contributed by atoms with E-state index in [0.29, 0.717) is 6.61 Å². The van der Waals surface area contributed by atoms with Gasteiger partial charge in [-0.3, -0.25) is 0 Å². The SMILES string of the molecule is CCCCCCCCCCCCCCCCCCCOP(O)(=S)SCCCCCCCCCCCCCCCCCCC. The smallest absolute Gasteiger partial charge is 0.244 e. The van der Waals surface area contributed by atoms with Crippen molar-refractivity contribution in [3.8, 4) is 0 Å². The standard InChI is InChI=1S/C38H79O2PS2/c1-3-5-7-9-11-13-15-17-19-21-23-25-27-29-31-33-35-37-40-41(39,42)43-38-36-34-32-30-28-26-24-22-20-18-16-14-12-10-8-6-4-2/h3-38H2,1-2H3,(H,39,42). The Morgan fingerprint density at radius 2 is 0.628 bits per heavy atom. The summed E-state index contributed by atoms with van der Waals surface area (Å²) >= 11 is 6.89. The fourth-order valence-electron chi connectivity index (χ4n) is 6.05. The summed E-state index contributed by atoms with van der Waals surface area (Å²) < 4.78 is 5.73. The minimum atomic E-state index is -2.63. The Balaban J connectivity index is 3.26. The topological polar surface area (TPSA) is 29.5 Å². The van der Waals surface area contributed by atoms with Crippen molar-refractivity contribution in [1.82, 2.24) is 0 Å². The molecule has 0 fully saturated rings. The maximum atomic E-state index is 10.5. The molecule has 2 nitrogen and oxygen atoms in total. The van der Waals surface area contributed by atoms with Crippen LogP contribution in [-0.4, -0.2) is 17.3 Å². The number of hydrogen-bond acceptors (Lipinski definition) is 3. The molecule has 0 aromatic heterocycles. The molecule has 0 aromatic carbocycles. The highest BCUT2D eigenvalue weighted by molar-refractivity contribution is 8.67. The highest BCUT2D eigenvalue weighted by atomic mass is 32.9. The third-order valence-electron chi connectivity index (χ3n) is 9.00. The van der Waals surface area contributed by atoms with Crippen LogP contribution in [0.2, 0.25) is 0 Å². The molecular formula is C38H79O2PS2. The van der Waals surface area contributed by atoms with E-state index in [2.05, 4.69) is 13.8 Å². The molecule has 0 saturated heterocycles. The summed E-state index contributed by atoms with van der Waals surface area (Å²) in [6.45, 7) is 5.23. The lowest BCUT2D eigenvalue weighted by Gasteiger charge is -2.14. The third kappa shape index (κ3) is 39.0. The lowest BCUT2D eigenvalue weighted by Crippen LogP contribution is -1.92. The Labute approximate surface area is 281 Å². The van der Waals surface area contributed by atoms with Gasteiger partial charge >= 0.3 is 0 Å². The highest BCUT2D eigenvalue weighted by Gasteiger charge is 2.13. The molecule has 260 valence electrons. The predicted molar refractivity (Wildman–Crippen MR) is 203 cm³/mol. The van der Waals surface area contributed by atoms with E-state index in [1.54, 1.807) is 0 Å². The number of unbranched alkanes of at least 4 members (excludes halogenated alkanes) is 32. The molecule has 0 rings (SSSR count). The molecule has 0 heterocycles. The molecule has 1 N–H and O–H groups in total. The van der Waals surface area contributed by atoms with Gasteiger partial charge in [-0.1, -0.05) is 231 Å². The van der Waals surface area contributed by atoms with Gasteiger partial charge in [-0.2, -0.15) is 0 Å². The predicted octanol–water partition coefficient (Wildman–Crippen LogP) is 15.3. The number of rotatable bonds is 38. The molecule has 1 atom stereocenters. The maximum Gasteiger partial charge on any atom is 0.244 e. The van der Waals surface area contributed by atoms with Gasteiger partial charge in [0.05, 0.1) is 6.61 Å². The van der Waals surface area contributed by atoms with E-state index < -0.39 is 5.69 Å². The van der Waals surface area contributed by atoms with E-state index in [1.165, 1.54) is 217 Å². The number of hydrogen-bond donors (Lipinski definition) is 1. The Morgan fingerprint density at radius 1 is 0.395 bits per heavy atom. The van der Waals surface area contributed by atoms with Gasteiger partial charge in [-0.05, 0) is 24.6 Å². The van der Waals surface area contributed by atoms with Gasteiger partial charge in [0.25, 0.3) is 0 Å². The van der Waals surface area contributed by atoms with Crippen molar-refractivity contribution in [3.63, 3.8) is 0 Å². The van der Waals surface area contributed by atoms with Crippen molar-refractivity contribution >= 4 is 28.9 Å². The Bertz CT molecular complexity index is 516. The molecule has 0 aliphatic rings. The first-order valence-corrected chi connectivity index (χ1v) is 24.0. The molecule has 0 aromatic rings. The van der Waals surface area contributed by atoms with Gasteiger partial charge in [0.2, 0.25) is 5.69 Å². The molecular weight excluding hydrogens is 584 g/mol. The van der Waals surface area contributed by atoms with Gasteiger partial charge in [0, 0.05) is 5.75 Å². The lowest BCUT2D eigenvalue weighted by atomic mass is 10.0. The normalized spacial score (nSPS) is 13.1. The van der Waals surface area contributed by atoms with E-state index in [-0.39, 0.29) is 0 Å². The molecule has 0 aliphatic heterocycles. The molecule has 0 spiro atoms. The molecule has 5 heteroatoms. The largest absolute Gasteiger partial charge is 0.337 e. The van der Waals surface area contributed by atoms with Crippen LogP contribution in [-0.2, 0) is 16.3 Å². The average molecular weight is 663 g/mol. The first-order chi connectivity index (χ1) is 21.1. The van der Waals surface area contributed by atoms with Crippen molar-refractivity contribution in [2.24, 2.45) is 0 Å². The van der Waals surface area contributed by atoms with E-state index in [4.69, 9.17) is 16.3 Å². The zero-order chi connectivity index (χ0) is 31.4. The minimum absolute atomic E-state index is 0.637. The molecule has 0 aliphatic carbocycles. The lowest BCUT2D eigenvalue weighted by molar-refractivity contribution is 0.307. The summed E-state index contributed by atoms with van der Waals surface area (Å²) in [4.78, 5) is 10.5. The van der Waals surface area contributed by atoms with Crippen LogP contribution in [0, 0.1) is 0 Å². The zero-order valence-corrected chi connectivity index (χ0v) is 32.1.